The Labute approximate surface area is 199 Å². The molecule has 1 aliphatic heterocycles. The van der Waals surface area contributed by atoms with Crippen LogP contribution in [0.2, 0.25) is 0 Å². The van der Waals surface area contributed by atoms with Crippen LogP contribution in [0.15, 0.2) is 67.0 Å². The van der Waals surface area contributed by atoms with Crippen LogP contribution < -0.4 is 10.2 Å². The highest BCUT2D eigenvalue weighted by Crippen LogP contribution is 2.28. The highest BCUT2D eigenvalue weighted by molar-refractivity contribution is 5.94. The maximum atomic E-state index is 12.7. The van der Waals surface area contributed by atoms with Gasteiger partial charge in [0, 0.05) is 55.2 Å². The lowest BCUT2D eigenvalue weighted by Gasteiger charge is -2.35. The number of anilines is 2. The van der Waals surface area contributed by atoms with Gasteiger partial charge in [-0.15, -0.1) is 0 Å². The molecular formula is C27H28N6O. The van der Waals surface area contributed by atoms with Gasteiger partial charge in [-0.2, -0.15) is 0 Å². The molecule has 34 heavy (non-hydrogen) atoms. The molecule has 0 radical (unpaired) electrons. The minimum Gasteiger partial charge on any atom is -0.353 e. The summed E-state index contributed by atoms with van der Waals surface area (Å²) in [5, 5.41) is 4.14. The summed E-state index contributed by atoms with van der Waals surface area (Å²) >= 11 is 0. The van der Waals surface area contributed by atoms with E-state index in [0.717, 1.165) is 65.3 Å². The largest absolute Gasteiger partial charge is 0.353 e. The first kappa shape index (κ1) is 22.0. The molecule has 1 fully saturated rings. The normalized spacial score (nSPS) is 14.4. The topological polar surface area (TPSA) is 74.2 Å². The number of carbonyl (C=O) groups is 1. The Balaban J connectivity index is 1.30. The van der Waals surface area contributed by atoms with E-state index in [1.165, 1.54) is 0 Å². The van der Waals surface area contributed by atoms with Crippen molar-refractivity contribution in [2.24, 2.45) is 0 Å². The standard InChI is InChI=1S/C27H28N6O/c1-19-6-5-7-20(2)25(19)30-24(34)18-32-14-16-33(17-15-32)27-22-8-3-4-9-23(22)29-26(31-27)21-10-12-28-13-11-21/h3-13H,14-18H2,1-2H3,(H,30,34). The zero-order valence-electron chi connectivity index (χ0n) is 19.5. The molecule has 0 unspecified atom stereocenters. The van der Waals surface area contributed by atoms with E-state index in [1.807, 2.05) is 62.4 Å². The number of nitrogens with zero attached hydrogens (tertiary/aromatic N) is 5. The van der Waals surface area contributed by atoms with Gasteiger partial charge >= 0.3 is 0 Å². The number of rotatable bonds is 5. The third-order valence-corrected chi connectivity index (χ3v) is 6.31. The van der Waals surface area contributed by atoms with Crippen LogP contribution in [0.3, 0.4) is 0 Å². The second kappa shape index (κ2) is 9.57. The van der Waals surface area contributed by atoms with E-state index in [4.69, 9.17) is 9.97 Å². The fourth-order valence-corrected chi connectivity index (χ4v) is 4.44. The second-order valence-corrected chi connectivity index (χ2v) is 8.70. The summed E-state index contributed by atoms with van der Waals surface area (Å²) in [7, 11) is 0. The molecule has 0 bridgehead atoms. The van der Waals surface area contributed by atoms with Crippen molar-refractivity contribution in [3.8, 4) is 11.4 Å². The maximum Gasteiger partial charge on any atom is 0.238 e. The number of aromatic nitrogens is 3. The van der Waals surface area contributed by atoms with Gasteiger partial charge in [-0.1, -0.05) is 30.3 Å². The number of para-hydroxylation sites is 2. The molecule has 7 heteroatoms. The number of piperazine rings is 1. The van der Waals surface area contributed by atoms with Crippen LogP contribution in [0.25, 0.3) is 22.3 Å². The SMILES string of the molecule is Cc1cccc(C)c1NC(=O)CN1CCN(c2nc(-c3ccncc3)nc3ccccc23)CC1. The summed E-state index contributed by atoms with van der Waals surface area (Å²) in [4.78, 5) is 31.1. The van der Waals surface area contributed by atoms with Gasteiger partial charge in [0.15, 0.2) is 5.82 Å². The van der Waals surface area contributed by atoms with Crippen LogP contribution in [-0.2, 0) is 4.79 Å². The zero-order valence-corrected chi connectivity index (χ0v) is 19.5. The third kappa shape index (κ3) is 4.61. The molecule has 172 valence electrons. The quantitative estimate of drug-likeness (QED) is 0.492. The summed E-state index contributed by atoms with van der Waals surface area (Å²) < 4.78 is 0. The minimum absolute atomic E-state index is 0.0262. The first-order valence-corrected chi connectivity index (χ1v) is 11.6. The van der Waals surface area contributed by atoms with E-state index in [0.29, 0.717) is 12.4 Å². The zero-order chi connectivity index (χ0) is 23.5. The number of hydrogen-bond donors (Lipinski definition) is 1. The molecule has 0 spiro atoms. The highest BCUT2D eigenvalue weighted by atomic mass is 16.2. The van der Waals surface area contributed by atoms with Crippen molar-refractivity contribution in [3.63, 3.8) is 0 Å². The Morgan fingerprint density at radius 2 is 1.59 bits per heavy atom. The van der Waals surface area contributed by atoms with Gasteiger partial charge in [-0.3, -0.25) is 14.7 Å². The molecule has 0 saturated carbocycles. The minimum atomic E-state index is 0.0262. The van der Waals surface area contributed by atoms with Crippen molar-refractivity contribution in [3.05, 3.63) is 78.1 Å². The van der Waals surface area contributed by atoms with Crippen molar-refractivity contribution in [2.45, 2.75) is 13.8 Å². The maximum absolute atomic E-state index is 12.7. The van der Waals surface area contributed by atoms with Gasteiger partial charge in [0.05, 0.1) is 12.1 Å². The summed E-state index contributed by atoms with van der Waals surface area (Å²) in [6.07, 6.45) is 3.52. The number of pyridine rings is 1. The Bertz CT molecular complexity index is 1300. The number of amides is 1. The lowest BCUT2D eigenvalue weighted by Crippen LogP contribution is -2.49. The summed E-state index contributed by atoms with van der Waals surface area (Å²) in [5.41, 5.74) is 4.96. The van der Waals surface area contributed by atoms with Crippen LogP contribution >= 0.6 is 0 Å². The van der Waals surface area contributed by atoms with Gasteiger partial charge in [0.2, 0.25) is 5.91 Å². The van der Waals surface area contributed by atoms with Crippen LogP contribution in [0, 0.1) is 13.8 Å². The number of aryl methyl sites for hydroxylation is 2. The number of benzene rings is 2. The van der Waals surface area contributed by atoms with E-state index in [9.17, 15) is 4.79 Å². The number of carbonyl (C=O) groups excluding carboxylic acids is 1. The second-order valence-electron chi connectivity index (χ2n) is 8.70. The Morgan fingerprint density at radius 1 is 0.882 bits per heavy atom. The molecular weight excluding hydrogens is 424 g/mol. The molecule has 4 aromatic rings. The van der Waals surface area contributed by atoms with Crippen molar-refractivity contribution in [1.82, 2.24) is 19.9 Å². The Hall–Kier alpha value is -3.84. The number of hydrogen-bond acceptors (Lipinski definition) is 6. The molecule has 5 rings (SSSR count). The first-order chi connectivity index (χ1) is 16.6. The van der Waals surface area contributed by atoms with Gasteiger partial charge in [0.1, 0.15) is 5.82 Å². The fraction of sp³-hybridized carbons (Fsp3) is 0.259. The van der Waals surface area contributed by atoms with Gasteiger partial charge in [-0.05, 0) is 49.2 Å². The lowest BCUT2D eigenvalue weighted by atomic mass is 10.1. The number of nitrogens with one attached hydrogen (secondary N) is 1. The Kier molecular flexibility index (Phi) is 6.18. The molecule has 0 atom stereocenters. The third-order valence-electron chi connectivity index (χ3n) is 6.31. The molecule has 1 saturated heterocycles. The predicted molar refractivity (Wildman–Crippen MR) is 136 cm³/mol. The van der Waals surface area contributed by atoms with E-state index in [2.05, 4.69) is 26.2 Å². The van der Waals surface area contributed by atoms with Crippen molar-refractivity contribution in [1.29, 1.82) is 0 Å². The molecule has 2 aromatic heterocycles. The number of fused-ring (bicyclic) bond motifs is 1. The summed E-state index contributed by atoms with van der Waals surface area (Å²) in [6, 6.07) is 18.0. The lowest BCUT2D eigenvalue weighted by molar-refractivity contribution is -0.117. The van der Waals surface area contributed by atoms with Gasteiger partial charge in [0.25, 0.3) is 0 Å². The monoisotopic (exact) mass is 452 g/mol. The summed E-state index contributed by atoms with van der Waals surface area (Å²) in [6.45, 7) is 7.61. The smallest absolute Gasteiger partial charge is 0.238 e. The average molecular weight is 453 g/mol. The summed E-state index contributed by atoms with van der Waals surface area (Å²) in [5.74, 6) is 1.67. The molecule has 1 N–H and O–H groups in total. The van der Waals surface area contributed by atoms with E-state index in [1.54, 1.807) is 12.4 Å². The van der Waals surface area contributed by atoms with Gasteiger partial charge < -0.3 is 10.2 Å². The van der Waals surface area contributed by atoms with Crippen LogP contribution in [0.4, 0.5) is 11.5 Å². The average Bonchev–Trinajstić information content (AvgIpc) is 2.87. The molecule has 1 aliphatic rings. The molecule has 3 heterocycles. The molecule has 7 nitrogen and oxygen atoms in total. The van der Waals surface area contributed by atoms with Crippen molar-refractivity contribution >= 4 is 28.3 Å². The molecule has 2 aromatic carbocycles. The Morgan fingerprint density at radius 3 is 2.32 bits per heavy atom. The molecule has 1 amide bonds. The predicted octanol–water partition coefficient (Wildman–Crippen LogP) is 4.07. The van der Waals surface area contributed by atoms with Gasteiger partial charge in [-0.25, -0.2) is 9.97 Å². The first-order valence-electron chi connectivity index (χ1n) is 11.6. The molecule has 0 aliphatic carbocycles. The van der Waals surface area contributed by atoms with Crippen LogP contribution in [0.5, 0.6) is 0 Å². The van der Waals surface area contributed by atoms with E-state index >= 15 is 0 Å². The van der Waals surface area contributed by atoms with E-state index in [-0.39, 0.29) is 5.91 Å². The van der Waals surface area contributed by atoms with Crippen LogP contribution in [0.1, 0.15) is 11.1 Å². The van der Waals surface area contributed by atoms with Crippen molar-refractivity contribution < 1.29 is 4.79 Å². The van der Waals surface area contributed by atoms with E-state index < -0.39 is 0 Å². The highest BCUT2D eigenvalue weighted by Gasteiger charge is 2.23. The fourth-order valence-electron chi connectivity index (χ4n) is 4.44. The van der Waals surface area contributed by atoms with Crippen LogP contribution in [-0.4, -0.2) is 58.5 Å². The van der Waals surface area contributed by atoms with Crippen molar-refractivity contribution in [2.75, 3.05) is 42.9 Å².